The molecule has 0 saturated carbocycles. The molecule has 0 amide bonds. The smallest absolute Gasteiger partial charge is 0.163 e. The average Bonchev–Trinajstić information content (AvgIpc) is 2.90. The Balaban J connectivity index is 1.91. The Morgan fingerprint density at radius 3 is 3.00 bits per heavy atom. The van der Waals surface area contributed by atoms with Crippen LogP contribution in [0.2, 0.25) is 0 Å². The van der Waals surface area contributed by atoms with Crippen molar-refractivity contribution in [2.45, 2.75) is 25.8 Å². The molecule has 1 saturated heterocycles. The molecule has 1 aromatic rings. The van der Waals surface area contributed by atoms with E-state index in [1.54, 1.807) is 6.20 Å². The third kappa shape index (κ3) is 2.95. The summed E-state index contributed by atoms with van der Waals surface area (Å²) < 4.78 is 0. The predicted octanol–water partition coefficient (Wildman–Crippen LogP) is 1.85. The highest BCUT2D eigenvalue weighted by atomic mass is 15.2. The van der Waals surface area contributed by atoms with Gasteiger partial charge in [-0.1, -0.05) is 0 Å². The number of rotatable bonds is 4. The van der Waals surface area contributed by atoms with Gasteiger partial charge in [0.25, 0.3) is 0 Å². The van der Waals surface area contributed by atoms with Gasteiger partial charge in [-0.2, -0.15) is 5.26 Å². The molecule has 1 aromatic heterocycles. The molecule has 4 heteroatoms. The molecule has 0 spiro atoms. The maximum absolute atomic E-state index is 8.93. The minimum atomic E-state index is 0.473. The Morgan fingerprint density at radius 1 is 1.53 bits per heavy atom. The van der Waals surface area contributed by atoms with Gasteiger partial charge in [-0.15, -0.1) is 0 Å². The molecular weight excluding hydrogens is 212 g/mol. The molecule has 0 aliphatic carbocycles. The van der Waals surface area contributed by atoms with Crippen molar-refractivity contribution in [1.29, 1.82) is 5.26 Å². The van der Waals surface area contributed by atoms with Gasteiger partial charge in [-0.3, -0.25) is 4.90 Å². The van der Waals surface area contributed by atoms with Gasteiger partial charge in [0.1, 0.15) is 6.07 Å². The fourth-order valence-corrected chi connectivity index (χ4v) is 2.21. The summed E-state index contributed by atoms with van der Waals surface area (Å²) in [7, 11) is 0. The summed E-state index contributed by atoms with van der Waals surface area (Å²) in [5.41, 5.74) is 1.31. The highest BCUT2D eigenvalue weighted by Crippen LogP contribution is 2.14. The number of nitriles is 1. The summed E-state index contributed by atoms with van der Waals surface area (Å²) in [6.45, 7) is 5.48. The molecule has 1 fully saturated rings. The molecule has 0 bridgehead atoms. The second-order valence-electron chi connectivity index (χ2n) is 4.48. The van der Waals surface area contributed by atoms with Crippen molar-refractivity contribution in [1.82, 2.24) is 9.88 Å². The first kappa shape index (κ1) is 11.9. The van der Waals surface area contributed by atoms with Crippen molar-refractivity contribution in [3.63, 3.8) is 0 Å². The van der Waals surface area contributed by atoms with Crippen LogP contribution in [0.5, 0.6) is 0 Å². The maximum atomic E-state index is 8.93. The van der Waals surface area contributed by atoms with Gasteiger partial charge < -0.3 is 5.32 Å². The largest absolute Gasteiger partial charge is 0.381 e. The topological polar surface area (TPSA) is 52.0 Å². The van der Waals surface area contributed by atoms with Crippen LogP contribution >= 0.6 is 0 Å². The van der Waals surface area contributed by atoms with Crippen LogP contribution in [0.3, 0.4) is 0 Å². The predicted molar refractivity (Wildman–Crippen MR) is 67.7 cm³/mol. The Bertz CT molecular complexity index is 404. The van der Waals surface area contributed by atoms with Crippen LogP contribution in [0.25, 0.3) is 0 Å². The zero-order chi connectivity index (χ0) is 12.1. The lowest BCUT2D eigenvalue weighted by atomic mass is 10.2. The first-order valence-corrected chi connectivity index (χ1v) is 6.14. The first-order chi connectivity index (χ1) is 8.31. The fourth-order valence-electron chi connectivity index (χ4n) is 2.21. The molecule has 1 aliphatic rings. The molecule has 0 aromatic carbocycles. The van der Waals surface area contributed by atoms with Gasteiger partial charge in [0.15, 0.2) is 5.69 Å². The lowest BCUT2D eigenvalue weighted by Gasteiger charge is -2.24. The summed E-state index contributed by atoms with van der Waals surface area (Å²) >= 11 is 0. The van der Waals surface area contributed by atoms with Crippen LogP contribution in [0, 0.1) is 11.3 Å². The number of pyridine rings is 1. The molecule has 1 unspecified atom stereocenters. The van der Waals surface area contributed by atoms with Crippen LogP contribution in [0.15, 0.2) is 18.3 Å². The molecule has 1 atom stereocenters. The standard InChI is InChI=1S/C13H18N4/c1-11(17-7-2-3-8-17)10-16-12-5-4-6-15-13(12)9-14/h4-6,11,16H,2-3,7-8,10H2,1H3. The van der Waals surface area contributed by atoms with Crippen molar-refractivity contribution in [3.05, 3.63) is 24.0 Å². The minimum absolute atomic E-state index is 0.473. The van der Waals surface area contributed by atoms with Crippen LogP contribution in [0.4, 0.5) is 5.69 Å². The number of nitrogens with zero attached hydrogens (tertiary/aromatic N) is 3. The summed E-state index contributed by atoms with van der Waals surface area (Å²) in [6, 6.07) is 6.36. The monoisotopic (exact) mass is 230 g/mol. The third-order valence-corrected chi connectivity index (χ3v) is 3.27. The van der Waals surface area contributed by atoms with Gasteiger partial charge in [0.2, 0.25) is 0 Å². The zero-order valence-corrected chi connectivity index (χ0v) is 10.2. The highest BCUT2D eigenvalue weighted by Gasteiger charge is 2.17. The van der Waals surface area contributed by atoms with E-state index in [4.69, 9.17) is 5.26 Å². The van der Waals surface area contributed by atoms with Crippen LogP contribution in [0.1, 0.15) is 25.5 Å². The van der Waals surface area contributed by atoms with Crippen LogP contribution in [-0.4, -0.2) is 35.6 Å². The minimum Gasteiger partial charge on any atom is -0.381 e. The van der Waals surface area contributed by atoms with Crippen molar-refractivity contribution in [3.8, 4) is 6.07 Å². The van der Waals surface area contributed by atoms with E-state index in [-0.39, 0.29) is 0 Å². The van der Waals surface area contributed by atoms with E-state index >= 15 is 0 Å². The molecule has 1 N–H and O–H groups in total. The first-order valence-electron chi connectivity index (χ1n) is 6.14. The van der Waals surface area contributed by atoms with E-state index < -0.39 is 0 Å². The Hall–Kier alpha value is -1.60. The molecular formula is C13H18N4. The SMILES string of the molecule is CC(CNc1cccnc1C#N)N1CCCC1. The van der Waals surface area contributed by atoms with E-state index in [0.717, 1.165) is 12.2 Å². The van der Waals surface area contributed by atoms with E-state index in [0.29, 0.717) is 11.7 Å². The van der Waals surface area contributed by atoms with E-state index in [2.05, 4.69) is 28.2 Å². The van der Waals surface area contributed by atoms with Crippen molar-refractivity contribution >= 4 is 5.69 Å². The quantitative estimate of drug-likeness (QED) is 0.857. The van der Waals surface area contributed by atoms with E-state index in [9.17, 15) is 0 Å². The second-order valence-corrected chi connectivity index (χ2v) is 4.48. The summed E-state index contributed by atoms with van der Waals surface area (Å²) in [5, 5.41) is 12.2. The molecule has 0 radical (unpaired) electrons. The lowest BCUT2D eigenvalue weighted by Crippen LogP contribution is -2.35. The van der Waals surface area contributed by atoms with Gasteiger partial charge in [0, 0.05) is 18.8 Å². The summed E-state index contributed by atoms with van der Waals surface area (Å²) in [5.74, 6) is 0. The maximum Gasteiger partial charge on any atom is 0.163 e. The Morgan fingerprint density at radius 2 is 2.29 bits per heavy atom. The normalized spacial score (nSPS) is 17.6. The Kier molecular flexibility index (Phi) is 3.94. The van der Waals surface area contributed by atoms with Crippen molar-refractivity contribution in [2.24, 2.45) is 0 Å². The van der Waals surface area contributed by atoms with E-state index in [1.165, 1.54) is 25.9 Å². The molecule has 1 aliphatic heterocycles. The average molecular weight is 230 g/mol. The second kappa shape index (κ2) is 5.65. The van der Waals surface area contributed by atoms with Crippen molar-refractivity contribution in [2.75, 3.05) is 25.0 Å². The zero-order valence-electron chi connectivity index (χ0n) is 10.2. The number of anilines is 1. The van der Waals surface area contributed by atoms with E-state index in [1.807, 2.05) is 12.1 Å². The Labute approximate surface area is 102 Å². The van der Waals surface area contributed by atoms with Gasteiger partial charge >= 0.3 is 0 Å². The molecule has 2 rings (SSSR count). The van der Waals surface area contributed by atoms with Crippen LogP contribution < -0.4 is 5.32 Å². The van der Waals surface area contributed by atoms with Gasteiger partial charge in [-0.05, 0) is 45.0 Å². The van der Waals surface area contributed by atoms with Gasteiger partial charge in [-0.25, -0.2) is 4.98 Å². The molecule has 2 heterocycles. The number of nitrogens with one attached hydrogen (secondary N) is 1. The molecule has 4 nitrogen and oxygen atoms in total. The fraction of sp³-hybridized carbons (Fsp3) is 0.538. The number of hydrogen-bond acceptors (Lipinski definition) is 4. The number of hydrogen-bond donors (Lipinski definition) is 1. The molecule has 17 heavy (non-hydrogen) atoms. The molecule has 90 valence electrons. The highest BCUT2D eigenvalue weighted by molar-refractivity contribution is 5.53. The van der Waals surface area contributed by atoms with Crippen LogP contribution in [-0.2, 0) is 0 Å². The number of likely N-dealkylation sites (tertiary alicyclic amines) is 1. The number of aromatic nitrogens is 1. The van der Waals surface area contributed by atoms with Crippen molar-refractivity contribution < 1.29 is 0 Å². The summed E-state index contributed by atoms with van der Waals surface area (Å²) in [4.78, 5) is 6.52. The third-order valence-electron chi connectivity index (χ3n) is 3.27. The van der Waals surface area contributed by atoms with Gasteiger partial charge in [0.05, 0.1) is 5.69 Å². The lowest BCUT2D eigenvalue weighted by molar-refractivity contribution is 0.269. The summed E-state index contributed by atoms with van der Waals surface area (Å²) in [6.07, 6.45) is 4.26.